The molecule has 2 nitrogen and oxygen atoms in total. The van der Waals surface area contributed by atoms with Crippen molar-refractivity contribution in [2.45, 2.75) is 110 Å². The summed E-state index contributed by atoms with van der Waals surface area (Å²) in [5.74, 6) is 0.188. The van der Waals surface area contributed by atoms with Gasteiger partial charge in [0.1, 0.15) is 0 Å². The molecule has 0 aliphatic carbocycles. The first-order chi connectivity index (χ1) is 13.3. The van der Waals surface area contributed by atoms with Crippen LogP contribution >= 0.6 is 0 Å². The zero-order chi connectivity index (χ0) is 19.4. The highest BCUT2D eigenvalue weighted by atomic mass is 16.1. The SMILES string of the molecule is CCCCCCCCCCCCCCCCNC(=O)CCc1ccccc1. The standard InChI is InChI=1S/C25H43NO/c1-2-3-4-5-6-7-8-9-10-11-12-13-14-18-23-26-25(27)22-21-24-19-16-15-17-20-24/h15-17,19-20H,2-14,18,21-23H2,1H3,(H,26,27). The van der Waals surface area contributed by atoms with Gasteiger partial charge in [0, 0.05) is 13.0 Å². The Labute approximate surface area is 168 Å². The van der Waals surface area contributed by atoms with Crippen molar-refractivity contribution in [1.29, 1.82) is 0 Å². The lowest BCUT2D eigenvalue weighted by atomic mass is 10.0. The Morgan fingerprint density at radius 3 is 1.70 bits per heavy atom. The van der Waals surface area contributed by atoms with Crippen molar-refractivity contribution in [3.8, 4) is 0 Å². The molecule has 1 aromatic rings. The van der Waals surface area contributed by atoms with E-state index in [1.54, 1.807) is 0 Å². The van der Waals surface area contributed by atoms with E-state index in [9.17, 15) is 4.79 Å². The van der Waals surface area contributed by atoms with Crippen LogP contribution in [0.3, 0.4) is 0 Å². The Morgan fingerprint density at radius 2 is 1.19 bits per heavy atom. The summed E-state index contributed by atoms with van der Waals surface area (Å²) in [6.07, 6.45) is 20.6. The molecular formula is C25H43NO. The van der Waals surface area contributed by atoms with Crippen LogP contribution in [0.5, 0.6) is 0 Å². The van der Waals surface area contributed by atoms with Gasteiger partial charge in [-0.2, -0.15) is 0 Å². The molecule has 0 saturated carbocycles. The van der Waals surface area contributed by atoms with Crippen LogP contribution in [0.25, 0.3) is 0 Å². The molecule has 1 rings (SSSR count). The molecule has 0 atom stereocenters. The predicted molar refractivity (Wildman–Crippen MR) is 118 cm³/mol. The van der Waals surface area contributed by atoms with Crippen LogP contribution < -0.4 is 5.32 Å². The van der Waals surface area contributed by atoms with Crippen molar-refractivity contribution >= 4 is 5.91 Å². The molecule has 1 N–H and O–H groups in total. The van der Waals surface area contributed by atoms with Crippen LogP contribution in [-0.2, 0) is 11.2 Å². The number of carbonyl (C=O) groups excluding carboxylic acids is 1. The lowest BCUT2D eigenvalue weighted by Gasteiger charge is -2.06. The van der Waals surface area contributed by atoms with E-state index < -0.39 is 0 Å². The maximum atomic E-state index is 11.8. The number of nitrogens with one attached hydrogen (secondary N) is 1. The average Bonchev–Trinajstić information content (AvgIpc) is 2.70. The number of hydrogen-bond donors (Lipinski definition) is 1. The topological polar surface area (TPSA) is 29.1 Å². The normalized spacial score (nSPS) is 10.9. The van der Waals surface area contributed by atoms with Gasteiger partial charge >= 0.3 is 0 Å². The first-order valence-corrected chi connectivity index (χ1v) is 11.6. The number of benzene rings is 1. The largest absolute Gasteiger partial charge is 0.356 e. The quantitative estimate of drug-likeness (QED) is 0.270. The zero-order valence-electron chi connectivity index (χ0n) is 17.8. The minimum atomic E-state index is 0.188. The highest BCUT2D eigenvalue weighted by molar-refractivity contribution is 5.76. The molecule has 0 aliphatic rings. The van der Waals surface area contributed by atoms with Crippen molar-refractivity contribution in [3.63, 3.8) is 0 Å². The maximum Gasteiger partial charge on any atom is 0.220 e. The van der Waals surface area contributed by atoms with Crippen molar-refractivity contribution in [2.24, 2.45) is 0 Å². The van der Waals surface area contributed by atoms with Gasteiger partial charge in [0.15, 0.2) is 0 Å². The molecule has 0 unspecified atom stereocenters. The van der Waals surface area contributed by atoms with E-state index in [-0.39, 0.29) is 5.91 Å². The number of rotatable bonds is 18. The molecule has 27 heavy (non-hydrogen) atoms. The number of unbranched alkanes of at least 4 members (excludes halogenated alkanes) is 13. The monoisotopic (exact) mass is 373 g/mol. The van der Waals surface area contributed by atoms with E-state index in [1.165, 1.54) is 89.0 Å². The second kappa shape index (κ2) is 18.1. The molecule has 1 amide bonds. The van der Waals surface area contributed by atoms with Gasteiger partial charge < -0.3 is 5.32 Å². The molecule has 0 heterocycles. The first-order valence-electron chi connectivity index (χ1n) is 11.6. The Kier molecular flexibility index (Phi) is 15.9. The van der Waals surface area contributed by atoms with Crippen LogP contribution in [0.4, 0.5) is 0 Å². The van der Waals surface area contributed by atoms with E-state index in [2.05, 4.69) is 24.4 Å². The second-order valence-electron chi connectivity index (χ2n) is 7.93. The number of hydrogen-bond acceptors (Lipinski definition) is 1. The Balaban J connectivity index is 1.77. The van der Waals surface area contributed by atoms with E-state index in [4.69, 9.17) is 0 Å². The summed E-state index contributed by atoms with van der Waals surface area (Å²) < 4.78 is 0. The van der Waals surface area contributed by atoms with Gasteiger partial charge in [0.05, 0.1) is 0 Å². The molecule has 0 radical (unpaired) electrons. The maximum absolute atomic E-state index is 11.8. The zero-order valence-corrected chi connectivity index (χ0v) is 17.8. The molecule has 0 bridgehead atoms. The summed E-state index contributed by atoms with van der Waals surface area (Å²) in [6.45, 7) is 3.12. The van der Waals surface area contributed by atoms with Crippen LogP contribution in [0.1, 0.15) is 109 Å². The van der Waals surface area contributed by atoms with Crippen molar-refractivity contribution in [2.75, 3.05) is 6.54 Å². The van der Waals surface area contributed by atoms with Crippen molar-refractivity contribution < 1.29 is 4.79 Å². The molecule has 0 aliphatic heterocycles. The van der Waals surface area contributed by atoms with Crippen LogP contribution in [-0.4, -0.2) is 12.5 Å². The number of aryl methyl sites for hydroxylation is 1. The summed E-state index contributed by atoms with van der Waals surface area (Å²) >= 11 is 0. The Hall–Kier alpha value is -1.31. The lowest BCUT2D eigenvalue weighted by Crippen LogP contribution is -2.24. The Bertz CT molecular complexity index is 443. The molecule has 154 valence electrons. The van der Waals surface area contributed by atoms with Gasteiger partial charge in [0.25, 0.3) is 0 Å². The fourth-order valence-electron chi connectivity index (χ4n) is 3.54. The summed E-state index contributed by atoms with van der Waals surface area (Å²) in [5, 5.41) is 3.06. The molecular weight excluding hydrogens is 330 g/mol. The van der Waals surface area contributed by atoms with Gasteiger partial charge in [-0.3, -0.25) is 4.79 Å². The van der Waals surface area contributed by atoms with E-state index >= 15 is 0 Å². The lowest BCUT2D eigenvalue weighted by molar-refractivity contribution is -0.121. The van der Waals surface area contributed by atoms with E-state index in [0.717, 1.165) is 19.4 Å². The first kappa shape index (κ1) is 23.7. The number of carbonyl (C=O) groups is 1. The molecule has 1 aromatic carbocycles. The fraction of sp³-hybridized carbons (Fsp3) is 0.720. The molecule has 0 fully saturated rings. The summed E-state index contributed by atoms with van der Waals surface area (Å²) in [7, 11) is 0. The van der Waals surface area contributed by atoms with Gasteiger partial charge in [-0.25, -0.2) is 0 Å². The van der Waals surface area contributed by atoms with E-state index in [0.29, 0.717) is 6.42 Å². The molecule has 0 saturated heterocycles. The van der Waals surface area contributed by atoms with Crippen LogP contribution in [0.2, 0.25) is 0 Å². The Morgan fingerprint density at radius 1 is 0.704 bits per heavy atom. The van der Waals surface area contributed by atoms with Gasteiger partial charge in [0.2, 0.25) is 5.91 Å². The minimum Gasteiger partial charge on any atom is -0.356 e. The van der Waals surface area contributed by atoms with E-state index in [1.807, 2.05) is 18.2 Å². The van der Waals surface area contributed by atoms with Gasteiger partial charge in [-0.15, -0.1) is 0 Å². The van der Waals surface area contributed by atoms with Gasteiger partial charge in [-0.05, 0) is 18.4 Å². The summed E-state index contributed by atoms with van der Waals surface area (Å²) in [4.78, 5) is 11.8. The van der Waals surface area contributed by atoms with Crippen LogP contribution in [0, 0.1) is 0 Å². The van der Waals surface area contributed by atoms with Crippen molar-refractivity contribution in [1.82, 2.24) is 5.32 Å². The smallest absolute Gasteiger partial charge is 0.220 e. The number of amides is 1. The third-order valence-electron chi connectivity index (χ3n) is 5.34. The third-order valence-corrected chi connectivity index (χ3v) is 5.34. The highest BCUT2D eigenvalue weighted by Crippen LogP contribution is 2.12. The fourth-order valence-corrected chi connectivity index (χ4v) is 3.54. The minimum absolute atomic E-state index is 0.188. The van der Waals surface area contributed by atoms with Crippen LogP contribution in [0.15, 0.2) is 30.3 Å². The van der Waals surface area contributed by atoms with Crippen molar-refractivity contribution in [3.05, 3.63) is 35.9 Å². The molecule has 0 spiro atoms. The molecule has 2 heteroatoms. The summed E-state index contributed by atoms with van der Waals surface area (Å²) in [6, 6.07) is 10.2. The van der Waals surface area contributed by atoms with Gasteiger partial charge in [-0.1, -0.05) is 121 Å². The second-order valence-corrected chi connectivity index (χ2v) is 7.93. The predicted octanol–water partition coefficient (Wildman–Crippen LogP) is 7.22. The highest BCUT2D eigenvalue weighted by Gasteiger charge is 2.01. The third kappa shape index (κ3) is 15.4. The average molecular weight is 374 g/mol. The summed E-state index contributed by atoms with van der Waals surface area (Å²) in [5.41, 5.74) is 1.24. The molecule has 0 aromatic heterocycles.